The fourth-order valence-electron chi connectivity index (χ4n) is 3.47. The molecule has 1 aliphatic carbocycles. The molecule has 0 aliphatic heterocycles. The van der Waals surface area contributed by atoms with Gasteiger partial charge in [0.1, 0.15) is 6.10 Å². The highest BCUT2D eigenvalue weighted by molar-refractivity contribution is 5.80. The molecule has 1 amide bonds. The number of hydrogen-bond donors (Lipinski definition) is 1. The summed E-state index contributed by atoms with van der Waals surface area (Å²) in [5, 5.41) is 9.29. The van der Waals surface area contributed by atoms with E-state index in [9.17, 15) is 9.90 Å². The third kappa shape index (κ3) is 5.91. The Labute approximate surface area is 145 Å². The Hall–Kier alpha value is -1.39. The maximum Gasteiger partial charge on any atom is 0.251 e. The van der Waals surface area contributed by atoms with Gasteiger partial charge in [-0.2, -0.15) is 0 Å². The number of aliphatic hydroxyl groups excluding tert-OH is 1. The normalized spacial score (nSPS) is 22.1. The quantitative estimate of drug-likeness (QED) is 0.795. The Bertz CT molecular complexity index is 491. The van der Waals surface area contributed by atoms with Gasteiger partial charge in [-0.25, -0.2) is 0 Å². The molecule has 2 rings (SSSR count). The van der Waals surface area contributed by atoms with Gasteiger partial charge in [0.05, 0.1) is 12.7 Å². The Morgan fingerprint density at radius 2 is 2.04 bits per heavy atom. The van der Waals surface area contributed by atoms with Gasteiger partial charge >= 0.3 is 0 Å². The van der Waals surface area contributed by atoms with Crippen molar-refractivity contribution in [1.29, 1.82) is 0 Å². The molecule has 1 aliphatic rings. The van der Waals surface area contributed by atoms with Crippen molar-refractivity contribution < 1.29 is 14.6 Å². The van der Waals surface area contributed by atoms with Gasteiger partial charge in [-0.3, -0.25) is 4.79 Å². The molecule has 0 heterocycles. The average molecular weight is 333 g/mol. The van der Waals surface area contributed by atoms with Gasteiger partial charge in [0.15, 0.2) is 0 Å². The minimum atomic E-state index is -0.442. The summed E-state index contributed by atoms with van der Waals surface area (Å²) in [4.78, 5) is 14.4. The zero-order valence-electron chi connectivity index (χ0n) is 15.0. The number of rotatable bonds is 8. The van der Waals surface area contributed by atoms with Gasteiger partial charge in [0.25, 0.3) is 5.91 Å². The van der Waals surface area contributed by atoms with Crippen LogP contribution < -0.4 is 0 Å². The van der Waals surface area contributed by atoms with Crippen molar-refractivity contribution in [3.8, 4) is 0 Å². The molecule has 3 unspecified atom stereocenters. The zero-order chi connectivity index (χ0) is 17.4. The van der Waals surface area contributed by atoms with E-state index in [1.165, 1.54) is 18.4 Å². The third-order valence-corrected chi connectivity index (χ3v) is 4.83. The second-order valence-electron chi connectivity index (χ2n) is 6.96. The lowest BCUT2D eigenvalue weighted by molar-refractivity contribution is -0.148. The van der Waals surface area contributed by atoms with Crippen LogP contribution in [0.3, 0.4) is 0 Å². The van der Waals surface area contributed by atoms with Gasteiger partial charge in [-0.1, -0.05) is 50.1 Å². The predicted octanol–water partition coefficient (Wildman–Crippen LogP) is 3.03. The molecular weight excluding hydrogens is 302 g/mol. The molecule has 4 heteroatoms. The molecule has 0 spiro atoms. The summed E-state index contributed by atoms with van der Waals surface area (Å²) >= 11 is 0. The van der Waals surface area contributed by atoms with E-state index in [1.54, 1.807) is 4.90 Å². The summed E-state index contributed by atoms with van der Waals surface area (Å²) in [6.45, 7) is 5.04. The van der Waals surface area contributed by atoms with Crippen LogP contribution in [0, 0.1) is 5.92 Å². The second kappa shape index (κ2) is 9.80. The van der Waals surface area contributed by atoms with Crippen molar-refractivity contribution in [1.82, 2.24) is 4.90 Å². The van der Waals surface area contributed by atoms with Crippen LogP contribution in [-0.4, -0.2) is 47.8 Å². The standard InChI is InChI=1S/C20H31NO3/c1-16-7-6-10-19(15-16)24-17(2)20(23)21(13-14-22)12-11-18-8-4-3-5-9-18/h3-5,8-9,16-17,19,22H,6-7,10-15H2,1-2H3. The van der Waals surface area contributed by atoms with Crippen LogP contribution in [0.15, 0.2) is 30.3 Å². The molecule has 1 N–H and O–H groups in total. The number of nitrogens with zero attached hydrogens (tertiary/aromatic N) is 1. The van der Waals surface area contributed by atoms with E-state index in [1.807, 2.05) is 25.1 Å². The number of amides is 1. The van der Waals surface area contributed by atoms with Crippen LogP contribution in [0.4, 0.5) is 0 Å². The van der Waals surface area contributed by atoms with Crippen LogP contribution in [0.2, 0.25) is 0 Å². The molecule has 1 aromatic rings. The van der Waals surface area contributed by atoms with Crippen LogP contribution in [0.25, 0.3) is 0 Å². The maximum atomic E-state index is 12.7. The molecule has 3 atom stereocenters. The zero-order valence-corrected chi connectivity index (χ0v) is 15.0. The van der Waals surface area contributed by atoms with E-state index < -0.39 is 6.10 Å². The minimum absolute atomic E-state index is 0.0155. The van der Waals surface area contributed by atoms with E-state index in [-0.39, 0.29) is 18.6 Å². The second-order valence-corrected chi connectivity index (χ2v) is 6.96. The lowest BCUT2D eigenvalue weighted by Gasteiger charge is -2.31. The summed E-state index contributed by atoms with van der Waals surface area (Å²) in [6.07, 6.45) is 5.07. The summed E-state index contributed by atoms with van der Waals surface area (Å²) in [7, 11) is 0. The molecule has 0 bridgehead atoms. The Morgan fingerprint density at radius 1 is 1.29 bits per heavy atom. The first-order valence-corrected chi connectivity index (χ1v) is 9.19. The smallest absolute Gasteiger partial charge is 0.251 e. The summed E-state index contributed by atoms with van der Waals surface area (Å²) < 4.78 is 6.03. The Kier molecular flexibility index (Phi) is 7.73. The van der Waals surface area contributed by atoms with Crippen molar-refractivity contribution in [2.45, 2.75) is 58.2 Å². The van der Waals surface area contributed by atoms with Gasteiger partial charge in [0.2, 0.25) is 0 Å². The van der Waals surface area contributed by atoms with Crippen LogP contribution in [-0.2, 0) is 16.0 Å². The molecule has 1 fully saturated rings. The van der Waals surface area contributed by atoms with Gasteiger partial charge in [-0.05, 0) is 37.7 Å². The summed E-state index contributed by atoms with van der Waals surface area (Å²) in [5.41, 5.74) is 1.20. The molecule has 1 aromatic carbocycles. The molecule has 0 radical (unpaired) electrons. The first-order chi connectivity index (χ1) is 11.6. The highest BCUT2D eigenvalue weighted by Crippen LogP contribution is 2.26. The van der Waals surface area contributed by atoms with Gasteiger partial charge < -0.3 is 14.7 Å². The van der Waals surface area contributed by atoms with Crippen molar-refractivity contribution in [3.63, 3.8) is 0 Å². The Balaban J connectivity index is 1.87. The minimum Gasteiger partial charge on any atom is -0.395 e. The van der Waals surface area contributed by atoms with Crippen LogP contribution in [0.5, 0.6) is 0 Å². The average Bonchev–Trinajstić information content (AvgIpc) is 2.59. The first-order valence-electron chi connectivity index (χ1n) is 9.19. The third-order valence-electron chi connectivity index (χ3n) is 4.83. The first kappa shape index (κ1) is 18.9. The van der Waals surface area contributed by atoms with Crippen molar-refractivity contribution >= 4 is 5.91 Å². The topological polar surface area (TPSA) is 49.8 Å². The lowest BCUT2D eigenvalue weighted by atomic mass is 9.88. The molecule has 0 saturated heterocycles. The monoisotopic (exact) mass is 333 g/mol. The predicted molar refractivity (Wildman–Crippen MR) is 95.8 cm³/mol. The van der Waals surface area contributed by atoms with Crippen molar-refractivity contribution in [2.24, 2.45) is 5.92 Å². The highest BCUT2D eigenvalue weighted by Gasteiger charge is 2.26. The van der Waals surface area contributed by atoms with Crippen molar-refractivity contribution in [2.75, 3.05) is 19.7 Å². The number of benzene rings is 1. The van der Waals surface area contributed by atoms with Gasteiger partial charge in [-0.15, -0.1) is 0 Å². The molecule has 1 saturated carbocycles. The molecule has 0 aromatic heterocycles. The van der Waals surface area contributed by atoms with E-state index in [0.717, 1.165) is 19.3 Å². The number of carbonyl (C=O) groups excluding carboxylic acids is 1. The number of carbonyl (C=O) groups is 1. The number of hydrogen-bond acceptors (Lipinski definition) is 3. The van der Waals surface area contributed by atoms with E-state index in [4.69, 9.17) is 4.74 Å². The summed E-state index contributed by atoms with van der Waals surface area (Å²) in [6, 6.07) is 10.1. The van der Waals surface area contributed by atoms with E-state index in [2.05, 4.69) is 19.1 Å². The number of ether oxygens (including phenoxy) is 1. The molecule has 4 nitrogen and oxygen atoms in total. The fourth-order valence-corrected chi connectivity index (χ4v) is 3.47. The lowest BCUT2D eigenvalue weighted by Crippen LogP contribution is -2.43. The van der Waals surface area contributed by atoms with Crippen molar-refractivity contribution in [3.05, 3.63) is 35.9 Å². The Morgan fingerprint density at radius 3 is 2.71 bits per heavy atom. The maximum absolute atomic E-state index is 12.7. The molecule has 24 heavy (non-hydrogen) atoms. The highest BCUT2D eigenvalue weighted by atomic mass is 16.5. The van der Waals surface area contributed by atoms with Crippen LogP contribution in [0.1, 0.15) is 45.1 Å². The SMILES string of the molecule is CC1CCCC(OC(C)C(=O)N(CCO)CCc2ccccc2)C1. The molecular formula is C20H31NO3. The van der Waals surface area contributed by atoms with E-state index >= 15 is 0 Å². The largest absolute Gasteiger partial charge is 0.395 e. The molecule has 134 valence electrons. The van der Waals surface area contributed by atoms with E-state index in [0.29, 0.717) is 19.0 Å². The number of aliphatic hydroxyl groups is 1. The van der Waals surface area contributed by atoms with Gasteiger partial charge in [0, 0.05) is 13.1 Å². The summed E-state index contributed by atoms with van der Waals surface area (Å²) in [5.74, 6) is 0.663. The fraction of sp³-hybridized carbons (Fsp3) is 0.650. The van der Waals surface area contributed by atoms with Crippen LogP contribution >= 0.6 is 0 Å².